The molecule has 2 heterocycles. The number of hydrogen-bond acceptors (Lipinski definition) is 3. The monoisotopic (exact) mass is 479 g/mol. The van der Waals surface area contributed by atoms with Crippen molar-refractivity contribution in [2.75, 3.05) is 5.32 Å². The third-order valence-electron chi connectivity index (χ3n) is 5.41. The van der Waals surface area contributed by atoms with Gasteiger partial charge in [-0.25, -0.2) is 13.8 Å². The van der Waals surface area contributed by atoms with Crippen molar-refractivity contribution in [1.29, 1.82) is 0 Å². The Labute approximate surface area is 186 Å². The zero-order chi connectivity index (χ0) is 21.4. The number of amides is 1. The summed E-state index contributed by atoms with van der Waals surface area (Å²) in [5, 5.41) is 11.8. The number of carbonyl (C=O) groups is 1. The fraction of sp³-hybridized carbons (Fsp3) is 0.174. The summed E-state index contributed by atoms with van der Waals surface area (Å²) >= 11 is 3.47. The molecule has 6 nitrogen and oxygen atoms in total. The van der Waals surface area contributed by atoms with Gasteiger partial charge in [0.1, 0.15) is 17.3 Å². The maximum Gasteiger partial charge on any atom is 0.277 e. The minimum absolute atomic E-state index is 0.316. The molecule has 0 atom stereocenters. The van der Waals surface area contributed by atoms with E-state index in [2.05, 4.69) is 31.4 Å². The van der Waals surface area contributed by atoms with E-state index in [4.69, 9.17) is 0 Å². The van der Waals surface area contributed by atoms with E-state index >= 15 is 0 Å². The molecule has 0 bridgehead atoms. The number of halogens is 2. The predicted molar refractivity (Wildman–Crippen MR) is 119 cm³/mol. The van der Waals surface area contributed by atoms with Gasteiger partial charge in [0.05, 0.1) is 12.7 Å². The van der Waals surface area contributed by atoms with Crippen LogP contribution < -0.4 is 5.32 Å². The lowest BCUT2D eigenvalue weighted by Gasteiger charge is -2.09. The molecule has 31 heavy (non-hydrogen) atoms. The minimum atomic E-state index is -0.362. The van der Waals surface area contributed by atoms with E-state index in [9.17, 15) is 9.18 Å². The molecule has 1 aliphatic rings. The van der Waals surface area contributed by atoms with E-state index in [1.807, 2.05) is 24.3 Å². The van der Waals surface area contributed by atoms with Gasteiger partial charge in [0.25, 0.3) is 5.91 Å². The third-order valence-corrected chi connectivity index (χ3v) is 5.90. The van der Waals surface area contributed by atoms with Gasteiger partial charge >= 0.3 is 0 Å². The van der Waals surface area contributed by atoms with Crippen LogP contribution in [0.3, 0.4) is 0 Å². The molecule has 0 saturated carbocycles. The van der Waals surface area contributed by atoms with Gasteiger partial charge in [-0.3, -0.25) is 4.79 Å². The highest BCUT2D eigenvalue weighted by molar-refractivity contribution is 9.10. The van der Waals surface area contributed by atoms with Crippen molar-refractivity contribution >= 4 is 27.7 Å². The smallest absolute Gasteiger partial charge is 0.277 e. The molecule has 0 aliphatic heterocycles. The van der Waals surface area contributed by atoms with Gasteiger partial charge in [0.2, 0.25) is 0 Å². The largest absolute Gasteiger partial charge is 0.305 e. The van der Waals surface area contributed by atoms with Crippen LogP contribution in [0.5, 0.6) is 0 Å². The molecule has 8 heteroatoms. The van der Waals surface area contributed by atoms with Crippen molar-refractivity contribution in [3.8, 4) is 5.69 Å². The summed E-state index contributed by atoms with van der Waals surface area (Å²) in [4.78, 5) is 13.1. The maximum absolute atomic E-state index is 14.4. The van der Waals surface area contributed by atoms with Crippen molar-refractivity contribution in [1.82, 2.24) is 19.6 Å². The normalized spacial score (nSPS) is 12.7. The average molecular weight is 480 g/mol. The Morgan fingerprint density at radius 2 is 2.00 bits per heavy atom. The fourth-order valence-corrected chi connectivity index (χ4v) is 4.44. The molecule has 2 aromatic heterocycles. The summed E-state index contributed by atoms with van der Waals surface area (Å²) in [6, 6.07) is 16.2. The molecule has 0 fully saturated rings. The van der Waals surface area contributed by atoms with Crippen molar-refractivity contribution in [2.45, 2.75) is 25.8 Å². The van der Waals surface area contributed by atoms with Gasteiger partial charge in [-0.2, -0.15) is 10.2 Å². The van der Waals surface area contributed by atoms with Crippen LogP contribution in [0, 0.1) is 5.82 Å². The van der Waals surface area contributed by atoms with E-state index in [0.717, 1.165) is 40.6 Å². The topological polar surface area (TPSA) is 64.7 Å². The number of para-hydroxylation sites is 1. The number of aromatic nitrogens is 4. The SMILES string of the molecule is O=C(Nc1ccnn1Cc1cccc(Br)c1)c1nn(-c2ccccc2F)c2c1CCC2. The number of nitrogens with zero attached hydrogens (tertiary/aromatic N) is 4. The van der Waals surface area contributed by atoms with Crippen LogP contribution in [0.1, 0.15) is 33.7 Å². The maximum atomic E-state index is 14.4. The van der Waals surface area contributed by atoms with E-state index < -0.39 is 0 Å². The quantitative estimate of drug-likeness (QED) is 0.448. The molecule has 1 amide bonds. The molecule has 0 spiro atoms. The number of carbonyl (C=O) groups excluding carboxylic acids is 1. The Bertz CT molecular complexity index is 1280. The van der Waals surface area contributed by atoms with E-state index in [-0.39, 0.29) is 11.7 Å². The molecule has 1 N–H and O–H groups in total. The third kappa shape index (κ3) is 3.79. The van der Waals surface area contributed by atoms with E-state index in [0.29, 0.717) is 23.7 Å². The number of benzene rings is 2. The summed E-state index contributed by atoms with van der Waals surface area (Å²) in [7, 11) is 0. The van der Waals surface area contributed by atoms with Gasteiger partial charge in [0, 0.05) is 21.8 Å². The second-order valence-electron chi connectivity index (χ2n) is 7.45. The lowest BCUT2D eigenvalue weighted by Crippen LogP contribution is -2.18. The number of nitrogens with one attached hydrogen (secondary N) is 1. The Kier molecular flexibility index (Phi) is 5.15. The van der Waals surface area contributed by atoms with Gasteiger partial charge in [-0.15, -0.1) is 0 Å². The van der Waals surface area contributed by atoms with E-state index in [1.165, 1.54) is 6.07 Å². The first kappa shape index (κ1) is 19.7. The van der Waals surface area contributed by atoms with Crippen LogP contribution in [-0.2, 0) is 19.4 Å². The lowest BCUT2D eigenvalue weighted by molar-refractivity contribution is 0.102. The standard InChI is InChI=1S/C23H19BrFN5O/c24-16-6-3-5-15(13-16)14-29-21(11-12-26-29)27-23(31)22-17-7-4-10-19(17)30(28-22)20-9-2-1-8-18(20)25/h1-3,5-6,8-9,11-13H,4,7,10,14H2,(H,27,31). The van der Waals surface area contributed by atoms with Crippen molar-refractivity contribution in [3.05, 3.63) is 93.6 Å². The molecule has 4 aromatic rings. The van der Waals surface area contributed by atoms with Crippen molar-refractivity contribution < 1.29 is 9.18 Å². The van der Waals surface area contributed by atoms with Gasteiger partial charge in [0.15, 0.2) is 5.69 Å². The highest BCUT2D eigenvalue weighted by atomic mass is 79.9. The first-order valence-corrected chi connectivity index (χ1v) is 10.8. The highest BCUT2D eigenvalue weighted by Crippen LogP contribution is 2.29. The summed E-state index contributed by atoms with van der Waals surface area (Å²) in [5.74, 6) is -0.0971. The van der Waals surface area contributed by atoms with E-state index in [1.54, 1.807) is 39.8 Å². The summed E-state index contributed by atoms with van der Waals surface area (Å²) in [6.07, 6.45) is 4.09. The van der Waals surface area contributed by atoms with Crippen LogP contribution in [0.15, 0.2) is 65.3 Å². The Balaban J connectivity index is 1.43. The Morgan fingerprint density at radius 3 is 2.84 bits per heavy atom. The molecular formula is C23H19BrFN5O. The molecule has 1 aliphatic carbocycles. The molecular weight excluding hydrogens is 461 g/mol. The summed E-state index contributed by atoms with van der Waals surface area (Å²) in [6.45, 7) is 0.518. The number of fused-ring (bicyclic) bond motifs is 1. The van der Waals surface area contributed by atoms with Crippen LogP contribution in [0.25, 0.3) is 5.69 Å². The van der Waals surface area contributed by atoms with Crippen molar-refractivity contribution in [3.63, 3.8) is 0 Å². The molecule has 0 unspecified atom stereocenters. The van der Waals surface area contributed by atoms with Crippen LogP contribution >= 0.6 is 15.9 Å². The first-order chi connectivity index (χ1) is 15.1. The molecule has 0 radical (unpaired) electrons. The van der Waals surface area contributed by atoms with Crippen LogP contribution in [0.4, 0.5) is 10.2 Å². The molecule has 0 saturated heterocycles. The lowest BCUT2D eigenvalue weighted by atomic mass is 10.2. The predicted octanol–water partition coefficient (Wildman–Crippen LogP) is 4.76. The Hall–Kier alpha value is -3.26. The Morgan fingerprint density at radius 1 is 1.13 bits per heavy atom. The second-order valence-corrected chi connectivity index (χ2v) is 8.36. The first-order valence-electron chi connectivity index (χ1n) is 10.0. The average Bonchev–Trinajstić information content (AvgIpc) is 3.46. The molecule has 2 aromatic carbocycles. The summed E-state index contributed by atoms with van der Waals surface area (Å²) in [5.41, 5.74) is 3.54. The zero-order valence-corrected chi connectivity index (χ0v) is 18.1. The highest BCUT2D eigenvalue weighted by Gasteiger charge is 2.28. The van der Waals surface area contributed by atoms with Gasteiger partial charge in [-0.1, -0.05) is 40.2 Å². The fourth-order valence-electron chi connectivity index (χ4n) is 3.99. The minimum Gasteiger partial charge on any atom is -0.305 e. The number of rotatable bonds is 5. The van der Waals surface area contributed by atoms with Crippen LogP contribution in [0.2, 0.25) is 0 Å². The number of hydrogen-bond donors (Lipinski definition) is 1. The van der Waals surface area contributed by atoms with Gasteiger partial charge < -0.3 is 5.32 Å². The summed E-state index contributed by atoms with van der Waals surface area (Å²) < 4.78 is 18.7. The van der Waals surface area contributed by atoms with Crippen molar-refractivity contribution in [2.24, 2.45) is 0 Å². The molecule has 156 valence electrons. The number of anilines is 1. The van der Waals surface area contributed by atoms with Gasteiger partial charge in [-0.05, 0) is 49.1 Å². The zero-order valence-electron chi connectivity index (χ0n) is 16.6. The second kappa shape index (κ2) is 8.11. The molecule has 5 rings (SSSR count). The van der Waals surface area contributed by atoms with Crippen LogP contribution in [-0.4, -0.2) is 25.5 Å².